The van der Waals surface area contributed by atoms with Crippen LogP contribution in [0.5, 0.6) is 0 Å². The maximum atomic E-state index is 10.9. The number of nitrogens with zero attached hydrogens (tertiary/aromatic N) is 3. The Balaban J connectivity index is 2.45. The molecule has 0 saturated heterocycles. The van der Waals surface area contributed by atoms with Crippen LogP contribution in [-0.4, -0.2) is 45.5 Å². The Bertz CT molecular complexity index is 471. The molecule has 19 heavy (non-hydrogen) atoms. The van der Waals surface area contributed by atoms with Crippen LogP contribution >= 0.6 is 0 Å². The molecule has 1 heterocycles. The van der Waals surface area contributed by atoms with Gasteiger partial charge in [-0.15, -0.1) is 0 Å². The van der Waals surface area contributed by atoms with Gasteiger partial charge in [0.15, 0.2) is 0 Å². The zero-order chi connectivity index (χ0) is 14.4. The van der Waals surface area contributed by atoms with Crippen LogP contribution in [0.15, 0.2) is 0 Å². The van der Waals surface area contributed by atoms with Crippen LogP contribution in [0.4, 0.5) is 11.5 Å². The fraction of sp³-hybridized carbons (Fsp3) is 0.600. The molecule has 0 radical (unpaired) electrons. The molecule has 0 bridgehead atoms. The number of rotatable bonds is 8. The number of ether oxygens (including phenoxy) is 1. The molecular weight excluding hydrogens is 256 g/mol. The molecule has 0 spiro atoms. The Morgan fingerprint density at radius 3 is 2.84 bits per heavy atom. The predicted octanol–water partition coefficient (Wildman–Crippen LogP) is 0.540. The Morgan fingerprint density at radius 2 is 2.26 bits per heavy atom. The number of carboxylic acids is 1. The third-order valence-electron chi connectivity index (χ3n) is 2.37. The summed E-state index contributed by atoms with van der Waals surface area (Å²) in [5, 5.41) is 26.1. The summed E-state index contributed by atoms with van der Waals surface area (Å²) in [6.45, 7) is 2.27. The minimum absolute atomic E-state index is 0.0620. The van der Waals surface area contributed by atoms with E-state index in [0.29, 0.717) is 18.1 Å². The normalized spacial score (nSPS) is 10.4. The average Bonchev–Trinajstić information content (AvgIpc) is 2.58. The van der Waals surface area contributed by atoms with E-state index < -0.39 is 10.9 Å². The molecular formula is C10H16N4O5. The van der Waals surface area contributed by atoms with Crippen molar-refractivity contribution in [3.8, 4) is 0 Å². The molecule has 0 aliphatic heterocycles. The van der Waals surface area contributed by atoms with E-state index in [9.17, 15) is 14.9 Å². The van der Waals surface area contributed by atoms with E-state index in [-0.39, 0.29) is 25.3 Å². The summed E-state index contributed by atoms with van der Waals surface area (Å²) >= 11 is 0. The predicted molar refractivity (Wildman–Crippen MR) is 66.2 cm³/mol. The minimum Gasteiger partial charge on any atom is -0.481 e. The molecule has 0 aromatic carbocycles. The van der Waals surface area contributed by atoms with Gasteiger partial charge in [0.05, 0.1) is 24.6 Å². The Morgan fingerprint density at radius 1 is 1.58 bits per heavy atom. The lowest BCUT2D eigenvalue weighted by atomic mass is 10.4. The summed E-state index contributed by atoms with van der Waals surface area (Å²) in [5.74, 6) is -0.616. The molecule has 0 fully saturated rings. The van der Waals surface area contributed by atoms with Crippen molar-refractivity contribution in [3.05, 3.63) is 15.8 Å². The van der Waals surface area contributed by atoms with Crippen molar-refractivity contribution in [2.75, 3.05) is 25.1 Å². The van der Waals surface area contributed by atoms with E-state index in [0.717, 1.165) is 0 Å². The highest BCUT2D eigenvalue weighted by Crippen LogP contribution is 2.26. The summed E-state index contributed by atoms with van der Waals surface area (Å²) in [5.41, 5.74) is 0.273. The number of aliphatic carboxylic acids is 1. The second-order valence-electron chi connectivity index (χ2n) is 3.85. The fourth-order valence-corrected chi connectivity index (χ4v) is 1.57. The Hall–Kier alpha value is -2.16. The van der Waals surface area contributed by atoms with Crippen LogP contribution in [0.2, 0.25) is 0 Å². The van der Waals surface area contributed by atoms with Crippen LogP contribution < -0.4 is 5.32 Å². The molecule has 1 aromatic rings. The quantitative estimate of drug-likeness (QED) is 0.402. The maximum Gasteiger partial charge on any atom is 0.333 e. The first-order valence-electron chi connectivity index (χ1n) is 5.65. The van der Waals surface area contributed by atoms with Gasteiger partial charge >= 0.3 is 11.7 Å². The van der Waals surface area contributed by atoms with Crippen LogP contribution in [-0.2, 0) is 16.6 Å². The van der Waals surface area contributed by atoms with Gasteiger partial charge in [0, 0.05) is 13.6 Å². The van der Waals surface area contributed by atoms with Crippen molar-refractivity contribution in [1.29, 1.82) is 0 Å². The molecule has 9 heteroatoms. The SMILES string of the molecule is Cc1nn(C)c(NCCOCCC(=O)O)c1[N+](=O)[O-]. The maximum absolute atomic E-state index is 10.9. The number of carbonyl (C=O) groups is 1. The van der Waals surface area contributed by atoms with Crippen LogP contribution in [0.1, 0.15) is 12.1 Å². The lowest BCUT2D eigenvalue weighted by Gasteiger charge is -2.06. The number of anilines is 1. The van der Waals surface area contributed by atoms with Gasteiger partial charge in [-0.05, 0) is 6.92 Å². The average molecular weight is 272 g/mol. The van der Waals surface area contributed by atoms with Crippen molar-refractivity contribution in [2.45, 2.75) is 13.3 Å². The van der Waals surface area contributed by atoms with Crippen LogP contribution in [0.3, 0.4) is 0 Å². The second-order valence-corrected chi connectivity index (χ2v) is 3.85. The van der Waals surface area contributed by atoms with Crippen molar-refractivity contribution in [1.82, 2.24) is 9.78 Å². The molecule has 1 aromatic heterocycles. The van der Waals surface area contributed by atoms with Gasteiger partial charge in [-0.3, -0.25) is 14.9 Å². The third kappa shape index (κ3) is 4.21. The van der Waals surface area contributed by atoms with E-state index in [1.165, 1.54) is 4.68 Å². The van der Waals surface area contributed by atoms with E-state index in [1.807, 2.05) is 0 Å². The topological polar surface area (TPSA) is 120 Å². The van der Waals surface area contributed by atoms with E-state index >= 15 is 0 Å². The van der Waals surface area contributed by atoms with Gasteiger partial charge < -0.3 is 15.2 Å². The summed E-state index contributed by atoms with van der Waals surface area (Å²) in [4.78, 5) is 20.6. The number of hydrogen-bond donors (Lipinski definition) is 2. The zero-order valence-corrected chi connectivity index (χ0v) is 10.8. The summed E-state index contributed by atoms with van der Waals surface area (Å²) < 4.78 is 6.46. The molecule has 0 saturated carbocycles. The number of aromatic nitrogens is 2. The first-order chi connectivity index (χ1) is 8.93. The van der Waals surface area contributed by atoms with Crippen LogP contribution in [0, 0.1) is 17.0 Å². The summed E-state index contributed by atoms with van der Waals surface area (Å²) in [6, 6.07) is 0. The molecule has 0 atom stereocenters. The molecule has 106 valence electrons. The number of aryl methyl sites for hydroxylation is 2. The largest absolute Gasteiger partial charge is 0.481 e. The molecule has 2 N–H and O–H groups in total. The number of carboxylic acid groups (broad SMARTS) is 1. The van der Waals surface area contributed by atoms with Gasteiger partial charge in [0.25, 0.3) is 0 Å². The van der Waals surface area contributed by atoms with Crippen molar-refractivity contribution < 1.29 is 19.6 Å². The van der Waals surface area contributed by atoms with Gasteiger partial charge in [-0.25, -0.2) is 4.68 Å². The standard InChI is InChI=1S/C10H16N4O5/c1-7-9(14(17)18)10(13(2)12-7)11-4-6-19-5-3-8(15)16/h11H,3-6H2,1-2H3,(H,15,16). The summed E-state index contributed by atoms with van der Waals surface area (Å²) in [7, 11) is 1.60. The summed E-state index contributed by atoms with van der Waals surface area (Å²) in [6.07, 6.45) is -0.0645. The Labute approximate surface area is 109 Å². The fourth-order valence-electron chi connectivity index (χ4n) is 1.57. The lowest BCUT2D eigenvalue weighted by molar-refractivity contribution is -0.384. The van der Waals surface area contributed by atoms with Gasteiger partial charge in [-0.1, -0.05) is 0 Å². The number of nitrogens with one attached hydrogen (secondary N) is 1. The second kappa shape index (κ2) is 6.69. The Kier molecular flexibility index (Phi) is 5.24. The molecule has 0 unspecified atom stereocenters. The van der Waals surface area contributed by atoms with Crippen molar-refractivity contribution in [2.24, 2.45) is 7.05 Å². The van der Waals surface area contributed by atoms with Crippen LogP contribution in [0.25, 0.3) is 0 Å². The van der Waals surface area contributed by atoms with Gasteiger partial charge in [-0.2, -0.15) is 5.10 Å². The minimum atomic E-state index is -0.925. The molecule has 0 aliphatic carbocycles. The monoisotopic (exact) mass is 272 g/mol. The van der Waals surface area contributed by atoms with Crippen molar-refractivity contribution in [3.63, 3.8) is 0 Å². The first kappa shape index (κ1) is 14.9. The van der Waals surface area contributed by atoms with Gasteiger partial charge in [0.2, 0.25) is 5.82 Å². The molecule has 1 rings (SSSR count). The zero-order valence-electron chi connectivity index (χ0n) is 10.8. The first-order valence-corrected chi connectivity index (χ1v) is 5.65. The number of nitro groups is 1. The highest BCUT2D eigenvalue weighted by Gasteiger charge is 2.23. The molecule has 0 aliphatic rings. The highest BCUT2D eigenvalue weighted by molar-refractivity contribution is 5.66. The number of hydrogen-bond acceptors (Lipinski definition) is 6. The highest BCUT2D eigenvalue weighted by atomic mass is 16.6. The van der Waals surface area contributed by atoms with Crippen molar-refractivity contribution >= 4 is 17.5 Å². The smallest absolute Gasteiger partial charge is 0.333 e. The lowest BCUT2D eigenvalue weighted by Crippen LogP contribution is -2.14. The molecule has 0 amide bonds. The van der Waals surface area contributed by atoms with E-state index in [1.54, 1.807) is 14.0 Å². The molecule has 9 nitrogen and oxygen atoms in total. The van der Waals surface area contributed by atoms with E-state index in [4.69, 9.17) is 9.84 Å². The third-order valence-corrected chi connectivity index (χ3v) is 2.37. The van der Waals surface area contributed by atoms with Gasteiger partial charge in [0.1, 0.15) is 5.69 Å². The van der Waals surface area contributed by atoms with E-state index in [2.05, 4.69) is 10.4 Å².